The molecule has 7 nitrogen and oxygen atoms in total. The molecule has 0 aliphatic carbocycles. The first-order chi connectivity index (χ1) is 2.00. The van der Waals surface area contributed by atoms with Crippen LogP contribution in [0.2, 0.25) is 0 Å². The van der Waals surface area contributed by atoms with E-state index in [0.717, 1.165) is 0 Å². The van der Waals surface area contributed by atoms with E-state index in [1.54, 1.807) is 0 Å². The smallest absolute Gasteiger partial charge is 0.412 e. The van der Waals surface area contributed by atoms with Crippen LogP contribution in [0.1, 0.15) is 0 Å². The summed E-state index contributed by atoms with van der Waals surface area (Å²) in [5, 5.41) is 0. The van der Waals surface area contributed by atoms with Gasteiger partial charge in [-0.3, -0.25) is 0 Å². The second-order valence-corrected chi connectivity index (χ2v) is 1.54. The molecule has 67 valence electrons. The molecule has 0 amide bonds. The molecule has 0 atom stereocenters. The minimum atomic E-state index is -4.64. The van der Waals surface area contributed by atoms with Crippen molar-refractivity contribution >= 4 is 7.82 Å². The Kier molecular flexibility index (Phi) is 42.6. The van der Waals surface area contributed by atoms with E-state index in [1.807, 2.05) is 0 Å². The monoisotopic (exact) mass is 215 g/mol. The molecule has 0 aromatic carbocycles. The molecule has 0 unspecified atom stereocenters. The zero-order valence-electron chi connectivity index (χ0n) is 4.00. The molecule has 0 aliphatic heterocycles. The Morgan fingerprint density at radius 2 is 0.889 bits per heavy atom. The molecule has 0 aliphatic rings. The predicted octanol–water partition coefficient (Wildman–Crippen LogP) is -3.41. The Morgan fingerprint density at radius 3 is 0.889 bits per heavy atom. The first-order valence-electron chi connectivity index (χ1n) is 0.783. The number of hydrogen-bond acceptors (Lipinski definition) is 1. The summed E-state index contributed by atoms with van der Waals surface area (Å²) in [6, 6.07) is 0. The second-order valence-electron chi connectivity index (χ2n) is 0.513. The van der Waals surface area contributed by atoms with Gasteiger partial charge in [-0.2, -0.15) is 0 Å². The van der Waals surface area contributed by atoms with E-state index in [4.69, 9.17) is 19.2 Å². The number of rotatable bonds is 0. The van der Waals surface area contributed by atoms with E-state index < -0.39 is 7.82 Å². The molecule has 0 bridgehead atoms. The van der Waals surface area contributed by atoms with Gasteiger partial charge < -0.3 is 31.1 Å². The summed E-state index contributed by atoms with van der Waals surface area (Å²) in [4.78, 5) is 21.6. The summed E-state index contributed by atoms with van der Waals surface area (Å²) < 4.78 is 8.88. The molecule has 0 saturated heterocycles. The van der Waals surface area contributed by atoms with Crippen LogP contribution in [0.25, 0.3) is 0 Å². The maximum Gasteiger partial charge on any atom is 0.466 e. The van der Waals surface area contributed by atoms with Crippen LogP contribution in [-0.2, 0) is 21.6 Å². The van der Waals surface area contributed by atoms with Crippen LogP contribution >= 0.6 is 7.82 Å². The summed E-state index contributed by atoms with van der Waals surface area (Å²) in [7, 11) is -4.64. The number of phosphoric acid groups is 1. The molecule has 0 fully saturated rings. The summed E-state index contributed by atoms with van der Waals surface area (Å²) in [6.07, 6.45) is 0. The van der Waals surface area contributed by atoms with Crippen LogP contribution in [0.15, 0.2) is 0 Å². The Bertz CT molecular complexity index is 55.1. The third-order valence-electron chi connectivity index (χ3n) is 0. The van der Waals surface area contributed by atoms with Crippen LogP contribution in [0.3, 0.4) is 0 Å². The molecule has 9 N–H and O–H groups in total. The van der Waals surface area contributed by atoms with Crippen molar-refractivity contribution in [2.45, 2.75) is 0 Å². The summed E-state index contributed by atoms with van der Waals surface area (Å²) in [6.45, 7) is 0. The molecule has 9 heteroatoms. The maximum absolute atomic E-state index is 8.88. The standard InChI is InChI=1S/Cu.H3O4P.3H2O/c;1-5(2,3)4;;;/h;(H3,1,2,3,4);3*1H2. The summed E-state index contributed by atoms with van der Waals surface area (Å²) in [5.41, 5.74) is 0. The Labute approximate surface area is 61.3 Å². The van der Waals surface area contributed by atoms with Crippen LogP contribution in [0, 0.1) is 0 Å². The van der Waals surface area contributed by atoms with Crippen LogP contribution < -0.4 is 0 Å². The van der Waals surface area contributed by atoms with E-state index in [1.165, 1.54) is 0 Å². The van der Waals surface area contributed by atoms with E-state index in [-0.39, 0.29) is 33.5 Å². The SMILES string of the molecule is O.O.O.O=P(O)(O)O.[Cu]. The molecule has 0 saturated carbocycles. The first-order valence-corrected chi connectivity index (χ1v) is 2.35. The Hall–Kier alpha value is 0.509. The van der Waals surface area contributed by atoms with Gasteiger partial charge in [0.25, 0.3) is 0 Å². The van der Waals surface area contributed by atoms with Crippen molar-refractivity contribution in [3.63, 3.8) is 0 Å². The molecular weight excluding hydrogens is 207 g/mol. The second kappa shape index (κ2) is 11.3. The van der Waals surface area contributed by atoms with Crippen molar-refractivity contribution < 1.29 is 52.7 Å². The summed E-state index contributed by atoms with van der Waals surface area (Å²) >= 11 is 0. The van der Waals surface area contributed by atoms with Gasteiger partial charge in [0.2, 0.25) is 0 Å². The van der Waals surface area contributed by atoms with Gasteiger partial charge in [0, 0.05) is 17.1 Å². The fourth-order valence-corrected chi connectivity index (χ4v) is 0. The van der Waals surface area contributed by atoms with Gasteiger partial charge in [0.15, 0.2) is 0 Å². The minimum Gasteiger partial charge on any atom is -0.412 e. The van der Waals surface area contributed by atoms with Crippen LogP contribution in [-0.4, -0.2) is 31.1 Å². The Morgan fingerprint density at radius 1 is 0.889 bits per heavy atom. The topological polar surface area (TPSA) is 172 Å². The van der Waals surface area contributed by atoms with Gasteiger partial charge >= 0.3 is 7.82 Å². The quantitative estimate of drug-likeness (QED) is 0.282. The normalized spacial score (nSPS) is 6.56. The molecular formula is H9CuO7P. The molecule has 0 heterocycles. The number of hydrogen-bond donors (Lipinski definition) is 3. The van der Waals surface area contributed by atoms with Gasteiger partial charge in [0.05, 0.1) is 0 Å². The van der Waals surface area contributed by atoms with Crippen LogP contribution in [0.5, 0.6) is 0 Å². The van der Waals surface area contributed by atoms with Crippen molar-refractivity contribution in [2.24, 2.45) is 0 Å². The maximum atomic E-state index is 8.88. The third kappa shape index (κ3) is 1390. The van der Waals surface area contributed by atoms with Crippen molar-refractivity contribution in [2.75, 3.05) is 0 Å². The molecule has 0 aromatic heterocycles. The van der Waals surface area contributed by atoms with Gasteiger partial charge in [-0.05, 0) is 0 Å². The molecule has 0 aromatic rings. The molecule has 0 spiro atoms. The van der Waals surface area contributed by atoms with E-state index in [2.05, 4.69) is 0 Å². The van der Waals surface area contributed by atoms with Gasteiger partial charge in [0.1, 0.15) is 0 Å². The van der Waals surface area contributed by atoms with E-state index in [0.29, 0.717) is 0 Å². The average Bonchev–Trinajstić information content (AvgIpc) is 0.722. The van der Waals surface area contributed by atoms with Gasteiger partial charge in [-0.1, -0.05) is 0 Å². The average molecular weight is 216 g/mol. The van der Waals surface area contributed by atoms with Crippen molar-refractivity contribution in [1.82, 2.24) is 0 Å². The minimum absolute atomic E-state index is 0. The fraction of sp³-hybridized carbons (Fsp3) is 0. The van der Waals surface area contributed by atoms with Crippen molar-refractivity contribution in [1.29, 1.82) is 0 Å². The van der Waals surface area contributed by atoms with Gasteiger partial charge in [-0.15, -0.1) is 0 Å². The van der Waals surface area contributed by atoms with Crippen LogP contribution in [0.4, 0.5) is 0 Å². The molecule has 1 radical (unpaired) electrons. The van der Waals surface area contributed by atoms with E-state index >= 15 is 0 Å². The van der Waals surface area contributed by atoms with Crippen molar-refractivity contribution in [3.8, 4) is 0 Å². The van der Waals surface area contributed by atoms with E-state index in [9.17, 15) is 0 Å². The van der Waals surface area contributed by atoms with Gasteiger partial charge in [-0.25, -0.2) is 4.57 Å². The summed E-state index contributed by atoms with van der Waals surface area (Å²) in [5.74, 6) is 0. The first kappa shape index (κ1) is 33.9. The Balaban J connectivity index is -0.0000000133. The zero-order valence-corrected chi connectivity index (χ0v) is 5.83. The molecule has 0 rings (SSSR count). The zero-order chi connectivity index (χ0) is 4.50. The fourth-order valence-electron chi connectivity index (χ4n) is 0. The van der Waals surface area contributed by atoms with Crippen molar-refractivity contribution in [3.05, 3.63) is 0 Å². The molecule has 9 heavy (non-hydrogen) atoms. The third-order valence-corrected chi connectivity index (χ3v) is 0. The predicted molar refractivity (Wildman–Crippen MR) is 25.1 cm³/mol. The largest absolute Gasteiger partial charge is 0.466 e.